The van der Waals surface area contributed by atoms with Crippen LogP contribution in [0.2, 0.25) is 0 Å². The molecule has 0 N–H and O–H groups in total. The van der Waals surface area contributed by atoms with Crippen LogP contribution < -0.4 is 0 Å². The number of nitrogens with zero attached hydrogens (tertiary/aromatic N) is 1. The van der Waals surface area contributed by atoms with Crippen molar-refractivity contribution in [2.45, 2.75) is 44.9 Å². The van der Waals surface area contributed by atoms with E-state index in [0.29, 0.717) is 6.42 Å². The van der Waals surface area contributed by atoms with Crippen molar-refractivity contribution in [3.8, 4) is 0 Å². The number of hydrogen-bond acceptors (Lipinski definition) is 5. The van der Waals surface area contributed by atoms with Gasteiger partial charge < -0.3 is 14.2 Å². The van der Waals surface area contributed by atoms with Crippen molar-refractivity contribution in [1.29, 1.82) is 0 Å². The normalized spacial score (nSPS) is 22.8. The first-order valence-electron chi connectivity index (χ1n) is 6.12. The van der Waals surface area contributed by atoms with E-state index in [9.17, 15) is 9.59 Å². The average Bonchev–Trinajstić information content (AvgIpc) is 2.70. The minimum Gasteiger partial charge on any atom is -0.497 e. The predicted octanol–water partition coefficient (Wildman–Crippen LogP) is 1.70. The summed E-state index contributed by atoms with van der Waals surface area (Å²) in [5, 5.41) is 0. The van der Waals surface area contributed by atoms with Crippen LogP contribution in [0.15, 0.2) is 12.8 Å². The van der Waals surface area contributed by atoms with Crippen molar-refractivity contribution in [1.82, 2.24) is 4.90 Å². The number of esters is 1. The Kier molecular flexibility index (Phi) is 4.80. The molecular formula is C13H21NO5. The Balaban J connectivity index is 2.79. The largest absolute Gasteiger partial charge is 0.497 e. The molecule has 0 bridgehead atoms. The molecule has 1 saturated heterocycles. The van der Waals surface area contributed by atoms with Crippen LogP contribution in [0.3, 0.4) is 0 Å². The number of carbonyl (C=O) groups is 2. The zero-order chi connectivity index (χ0) is 14.6. The molecule has 6 nitrogen and oxygen atoms in total. The Labute approximate surface area is 113 Å². The van der Waals surface area contributed by atoms with Gasteiger partial charge in [0.15, 0.2) is 0 Å². The lowest BCUT2D eigenvalue weighted by molar-refractivity contribution is -0.145. The second-order valence-corrected chi connectivity index (χ2v) is 5.33. The van der Waals surface area contributed by atoms with Gasteiger partial charge in [-0.1, -0.05) is 6.58 Å². The quantitative estimate of drug-likeness (QED) is 0.577. The fourth-order valence-corrected chi connectivity index (χ4v) is 1.91. The highest BCUT2D eigenvalue weighted by molar-refractivity contribution is 5.82. The molecule has 1 aliphatic heterocycles. The summed E-state index contributed by atoms with van der Waals surface area (Å²) < 4.78 is 15.2. The summed E-state index contributed by atoms with van der Waals surface area (Å²) in [5.41, 5.74) is -0.616. The topological polar surface area (TPSA) is 65.1 Å². The standard InChI is InChI=1S/C13H21NO5/c1-6-18-9-7-10(11(15)17-5)14(8-9)12(16)19-13(2,3)4/h6,9-10H,1,7-8H2,2-5H3/t9-,10-/m1/s1. The van der Waals surface area contributed by atoms with Gasteiger partial charge in [-0.05, 0) is 20.8 Å². The second-order valence-electron chi connectivity index (χ2n) is 5.33. The van der Waals surface area contributed by atoms with Gasteiger partial charge in [-0.3, -0.25) is 4.90 Å². The zero-order valence-corrected chi connectivity index (χ0v) is 11.8. The summed E-state index contributed by atoms with van der Waals surface area (Å²) in [5.74, 6) is -0.471. The fraction of sp³-hybridized carbons (Fsp3) is 0.692. The van der Waals surface area contributed by atoms with E-state index in [2.05, 4.69) is 6.58 Å². The van der Waals surface area contributed by atoms with Gasteiger partial charge in [-0.2, -0.15) is 0 Å². The summed E-state index contributed by atoms with van der Waals surface area (Å²) >= 11 is 0. The number of methoxy groups -OCH3 is 1. The smallest absolute Gasteiger partial charge is 0.411 e. The number of hydrogen-bond donors (Lipinski definition) is 0. The molecule has 1 aliphatic rings. The average molecular weight is 271 g/mol. The fourth-order valence-electron chi connectivity index (χ4n) is 1.91. The van der Waals surface area contributed by atoms with E-state index < -0.39 is 23.7 Å². The van der Waals surface area contributed by atoms with E-state index in [-0.39, 0.29) is 12.6 Å². The Hall–Kier alpha value is -1.72. The van der Waals surface area contributed by atoms with Crippen LogP contribution in [-0.2, 0) is 19.0 Å². The lowest BCUT2D eigenvalue weighted by Gasteiger charge is -2.27. The van der Waals surface area contributed by atoms with E-state index in [1.54, 1.807) is 20.8 Å². The predicted molar refractivity (Wildman–Crippen MR) is 68.4 cm³/mol. The minimum absolute atomic E-state index is 0.269. The summed E-state index contributed by atoms with van der Waals surface area (Å²) in [6.45, 7) is 9.06. The number of carbonyl (C=O) groups excluding carboxylic acids is 2. The molecule has 0 aromatic carbocycles. The van der Waals surface area contributed by atoms with Gasteiger partial charge in [0.1, 0.15) is 17.7 Å². The molecule has 0 aromatic rings. The highest BCUT2D eigenvalue weighted by Gasteiger charge is 2.42. The van der Waals surface area contributed by atoms with Crippen molar-refractivity contribution in [3.63, 3.8) is 0 Å². The molecule has 0 radical (unpaired) electrons. The number of likely N-dealkylation sites (tertiary alicyclic amines) is 1. The molecule has 1 fully saturated rings. The zero-order valence-electron chi connectivity index (χ0n) is 11.8. The first-order valence-corrected chi connectivity index (χ1v) is 6.12. The maximum Gasteiger partial charge on any atom is 0.411 e. The van der Waals surface area contributed by atoms with Crippen LogP contribution in [0.4, 0.5) is 4.79 Å². The van der Waals surface area contributed by atoms with Crippen LogP contribution in [0, 0.1) is 0 Å². The van der Waals surface area contributed by atoms with Crippen LogP contribution >= 0.6 is 0 Å². The van der Waals surface area contributed by atoms with E-state index in [4.69, 9.17) is 14.2 Å². The molecule has 2 atom stereocenters. The first kappa shape index (κ1) is 15.3. The number of ether oxygens (including phenoxy) is 3. The molecule has 6 heteroatoms. The number of rotatable bonds is 3. The first-order chi connectivity index (χ1) is 8.78. The van der Waals surface area contributed by atoms with Gasteiger partial charge in [0, 0.05) is 6.42 Å². The Morgan fingerprint density at radius 2 is 2.00 bits per heavy atom. The highest BCUT2D eigenvalue weighted by Crippen LogP contribution is 2.24. The van der Waals surface area contributed by atoms with Gasteiger partial charge >= 0.3 is 12.1 Å². The molecule has 1 heterocycles. The van der Waals surface area contributed by atoms with Crippen LogP contribution in [-0.4, -0.2) is 48.4 Å². The maximum absolute atomic E-state index is 12.1. The van der Waals surface area contributed by atoms with Gasteiger partial charge in [0.2, 0.25) is 0 Å². The third kappa shape index (κ3) is 4.15. The molecule has 1 rings (SSSR count). The van der Waals surface area contributed by atoms with Gasteiger partial charge in [-0.15, -0.1) is 0 Å². The molecule has 0 aliphatic carbocycles. The van der Waals surface area contributed by atoms with Gasteiger partial charge in [0.25, 0.3) is 0 Å². The van der Waals surface area contributed by atoms with E-state index >= 15 is 0 Å². The molecule has 1 amide bonds. The SMILES string of the molecule is C=CO[C@@H]1C[C@H](C(=O)OC)N(C(=O)OC(C)(C)C)C1. The van der Waals surface area contributed by atoms with Crippen molar-refractivity contribution in [2.75, 3.05) is 13.7 Å². The second kappa shape index (κ2) is 5.95. The van der Waals surface area contributed by atoms with Crippen LogP contribution in [0.5, 0.6) is 0 Å². The van der Waals surface area contributed by atoms with Crippen molar-refractivity contribution in [2.24, 2.45) is 0 Å². The molecule has 19 heavy (non-hydrogen) atoms. The van der Waals surface area contributed by atoms with E-state index in [1.807, 2.05) is 0 Å². The number of amides is 1. The molecule has 0 spiro atoms. The molecular weight excluding hydrogens is 250 g/mol. The molecule has 0 saturated carbocycles. The Morgan fingerprint density at radius 3 is 2.47 bits per heavy atom. The third-order valence-electron chi connectivity index (χ3n) is 2.65. The highest BCUT2D eigenvalue weighted by atomic mass is 16.6. The van der Waals surface area contributed by atoms with Gasteiger partial charge in [0.05, 0.1) is 19.9 Å². The lowest BCUT2D eigenvalue weighted by Crippen LogP contribution is -2.44. The molecule has 0 unspecified atom stereocenters. The monoisotopic (exact) mass is 271 g/mol. The van der Waals surface area contributed by atoms with Crippen LogP contribution in [0.1, 0.15) is 27.2 Å². The van der Waals surface area contributed by atoms with Gasteiger partial charge in [-0.25, -0.2) is 9.59 Å². The van der Waals surface area contributed by atoms with E-state index in [1.165, 1.54) is 18.3 Å². The van der Waals surface area contributed by atoms with Crippen molar-refractivity contribution in [3.05, 3.63) is 12.8 Å². The summed E-state index contributed by atoms with van der Waals surface area (Å²) in [4.78, 5) is 25.1. The van der Waals surface area contributed by atoms with Crippen molar-refractivity contribution < 1.29 is 23.8 Å². The van der Waals surface area contributed by atoms with Crippen molar-refractivity contribution >= 4 is 12.1 Å². The Bertz CT molecular complexity index is 361. The maximum atomic E-state index is 12.1. The third-order valence-corrected chi connectivity index (χ3v) is 2.65. The van der Waals surface area contributed by atoms with E-state index in [0.717, 1.165) is 0 Å². The summed E-state index contributed by atoms with van der Waals surface area (Å²) in [7, 11) is 1.29. The molecule has 0 aromatic heterocycles. The minimum atomic E-state index is -0.676. The lowest BCUT2D eigenvalue weighted by atomic mass is 10.2. The Morgan fingerprint density at radius 1 is 1.37 bits per heavy atom. The summed E-state index contributed by atoms with van der Waals surface area (Å²) in [6.07, 6.45) is 0.863. The summed E-state index contributed by atoms with van der Waals surface area (Å²) in [6, 6.07) is -0.676. The molecule has 108 valence electrons. The van der Waals surface area contributed by atoms with Crippen LogP contribution in [0.25, 0.3) is 0 Å².